The molecule has 0 radical (unpaired) electrons. The lowest BCUT2D eigenvalue weighted by Gasteiger charge is -2.13. The van der Waals surface area contributed by atoms with E-state index in [9.17, 15) is 9.59 Å². The first-order chi connectivity index (χ1) is 16.4. The monoisotopic (exact) mass is 577 g/mol. The van der Waals surface area contributed by atoms with E-state index >= 15 is 0 Å². The maximum absolute atomic E-state index is 12.8. The van der Waals surface area contributed by atoms with E-state index < -0.39 is 0 Å². The van der Waals surface area contributed by atoms with Crippen molar-refractivity contribution in [2.75, 3.05) is 13.2 Å². The molecule has 1 aliphatic heterocycles. The fraction of sp³-hybridized carbons (Fsp3) is 0.120. The average molecular weight is 579 g/mol. The van der Waals surface area contributed by atoms with Crippen LogP contribution in [0.5, 0.6) is 11.5 Å². The van der Waals surface area contributed by atoms with Crippen LogP contribution in [0.4, 0.5) is 4.79 Å². The molecule has 0 bridgehead atoms. The highest BCUT2D eigenvalue weighted by atomic mass is 79.9. The molecule has 4 rings (SSSR count). The Morgan fingerprint density at radius 2 is 1.71 bits per heavy atom. The number of imide groups is 1. The number of amides is 2. The summed E-state index contributed by atoms with van der Waals surface area (Å²) in [6, 6.07) is 20.0. The number of thioether (sulfide) groups is 1. The first-order valence-corrected chi connectivity index (χ1v) is 12.6. The predicted molar refractivity (Wildman–Crippen MR) is 140 cm³/mol. The first kappa shape index (κ1) is 24.7. The summed E-state index contributed by atoms with van der Waals surface area (Å²) in [5.74, 6) is 0.823. The molecule has 3 aromatic carbocycles. The molecule has 0 spiro atoms. The zero-order chi connectivity index (χ0) is 24.1. The fourth-order valence-corrected chi connectivity index (χ4v) is 4.81. The van der Waals surface area contributed by atoms with Gasteiger partial charge in [0.15, 0.2) is 0 Å². The van der Waals surface area contributed by atoms with Crippen LogP contribution in [0.25, 0.3) is 6.08 Å². The van der Waals surface area contributed by atoms with Crippen LogP contribution in [0.15, 0.2) is 76.1 Å². The highest BCUT2D eigenvalue weighted by Crippen LogP contribution is 2.34. The minimum Gasteiger partial charge on any atom is -0.490 e. The second-order valence-electron chi connectivity index (χ2n) is 7.22. The van der Waals surface area contributed by atoms with Gasteiger partial charge in [0, 0.05) is 5.02 Å². The number of para-hydroxylation sites is 1. The molecule has 2 amide bonds. The van der Waals surface area contributed by atoms with Crippen molar-refractivity contribution >= 4 is 68.1 Å². The minimum atomic E-state index is -0.350. The molecule has 34 heavy (non-hydrogen) atoms. The Morgan fingerprint density at radius 1 is 0.941 bits per heavy atom. The van der Waals surface area contributed by atoms with Crippen LogP contribution >= 0.6 is 50.9 Å². The molecule has 0 atom stereocenters. The molecule has 9 heteroatoms. The second kappa shape index (κ2) is 11.3. The van der Waals surface area contributed by atoms with Crippen molar-refractivity contribution in [1.29, 1.82) is 0 Å². The smallest absolute Gasteiger partial charge is 0.293 e. The largest absolute Gasteiger partial charge is 0.490 e. The van der Waals surface area contributed by atoms with Crippen molar-refractivity contribution in [2.24, 2.45) is 0 Å². The third-order valence-corrected chi connectivity index (χ3v) is 6.94. The molecule has 0 aliphatic carbocycles. The van der Waals surface area contributed by atoms with E-state index in [-0.39, 0.29) is 24.3 Å². The molecule has 1 saturated heterocycles. The summed E-state index contributed by atoms with van der Waals surface area (Å²) in [6.07, 6.45) is 1.69. The van der Waals surface area contributed by atoms with Gasteiger partial charge in [0.05, 0.1) is 20.9 Å². The molecule has 5 nitrogen and oxygen atoms in total. The minimum absolute atomic E-state index is 0.133. The number of hydrogen-bond donors (Lipinski definition) is 0. The van der Waals surface area contributed by atoms with Gasteiger partial charge in [-0.05, 0) is 81.3 Å². The maximum Gasteiger partial charge on any atom is 0.293 e. The molecular formula is C25H18BrCl2NO4S. The molecule has 0 saturated carbocycles. The summed E-state index contributed by atoms with van der Waals surface area (Å²) in [5.41, 5.74) is 1.76. The van der Waals surface area contributed by atoms with E-state index in [0.29, 0.717) is 33.1 Å². The van der Waals surface area contributed by atoms with Gasteiger partial charge in [-0.3, -0.25) is 14.5 Å². The lowest BCUT2D eigenvalue weighted by Crippen LogP contribution is -2.32. The van der Waals surface area contributed by atoms with Crippen molar-refractivity contribution in [3.8, 4) is 11.5 Å². The molecular weight excluding hydrogens is 561 g/mol. The van der Waals surface area contributed by atoms with Crippen LogP contribution < -0.4 is 9.47 Å². The van der Waals surface area contributed by atoms with Gasteiger partial charge in [0.2, 0.25) is 0 Å². The van der Waals surface area contributed by atoms with Crippen LogP contribution in [-0.2, 0) is 11.4 Å². The molecule has 1 heterocycles. The Balaban J connectivity index is 1.36. The Hall–Kier alpha value is -2.45. The topological polar surface area (TPSA) is 55.8 Å². The highest BCUT2D eigenvalue weighted by Gasteiger charge is 2.34. The number of halogens is 3. The Bertz CT molecular complexity index is 1250. The number of hydrogen-bond acceptors (Lipinski definition) is 5. The third-order valence-electron chi connectivity index (χ3n) is 4.84. The summed E-state index contributed by atoms with van der Waals surface area (Å²) >= 11 is 16.4. The Labute approximate surface area is 219 Å². The standard InChI is InChI=1S/C25H18BrCl2NO4S/c26-19-13-17(7-10-21(19)33-15-16-5-8-18(27)9-6-16)14-23-24(30)29(25(31)34-23)11-12-32-22-4-2-1-3-20(22)28/h1-10,13-14H,11-12,15H2/b23-14-. The Kier molecular flexibility index (Phi) is 8.21. The number of nitrogens with zero attached hydrogens (tertiary/aromatic N) is 1. The van der Waals surface area contributed by atoms with Gasteiger partial charge in [-0.1, -0.05) is 53.5 Å². The summed E-state index contributed by atoms with van der Waals surface area (Å²) in [5, 5.41) is 0.815. The molecule has 174 valence electrons. The predicted octanol–water partition coefficient (Wildman–Crippen LogP) is 7.45. The van der Waals surface area contributed by atoms with Crippen LogP contribution in [0.2, 0.25) is 10.0 Å². The summed E-state index contributed by atoms with van der Waals surface area (Å²) in [7, 11) is 0. The van der Waals surface area contributed by atoms with Gasteiger partial charge < -0.3 is 9.47 Å². The molecule has 3 aromatic rings. The summed E-state index contributed by atoms with van der Waals surface area (Å²) in [6.45, 7) is 0.679. The van der Waals surface area contributed by atoms with Crippen LogP contribution in [0.1, 0.15) is 11.1 Å². The van der Waals surface area contributed by atoms with Gasteiger partial charge in [0.25, 0.3) is 11.1 Å². The quantitative estimate of drug-likeness (QED) is 0.260. The number of carbonyl (C=O) groups is 2. The van der Waals surface area contributed by atoms with Crippen LogP contribution in [-0.4, -0.2) is 29.2 Å². The van der Waals surface area contributed by atoms with Gasteiger partial charge in [-0.15, -0.1) is 0 Å². The lowest BCUT2D eigenvalue weighted by molar-refractivity contribution is -0.123. The normalized spacial score (nSPS) is 14.7. The highest BCUT2D eigenvalue weighted by molar-refractivity contribution is 9.10. The van der Waals surface area contributed by atoms with E-state index in [0.717, 1.165) is 27.4 Å². The summed E-state index contributed by atoms with van der Waals surface area (Å²) in [4.78, 5) is 26.6. The van der Waals surface area contributed by atoms with Gasteiger partial charge in [0.1, 0.15) is 24.7 Å². The number of rotatable bonds is 8. The number of carbonyl (C=O) groups excluding carboxylic acids is 2. The molecule has 0 N–H and O–H groups in total. The first-order valence-electron chi connectivity index (χ1n) is 10.2. The molecule has 1 fully saturated rings. The zero-order valence-electron chi connectivity index (χ0n) is 17.7. The third kappa shape index (κ3) is 6.16. The second-order valence-corrected chi connectivity index (χ2v) is 9.91. The van der Waals surface area contributed by atoms with Crippen molar-refractivity contribution in [2.45, 2.75) is 6.61 Å². The van der Waals surface area contributed by atoms with Crippen molar-refractivity contribution in [1.82, 2.24) is 4.90 Å². The van der Waals surface area contributed by atoms with Gasteiger partial charge in [-0.25, -0.2) is 0 Å². The molecule has 1 aliphatic rings. The van der Waals surface area contributed by atoms with Crippen molar-refractivity contribution < 1.29 is 19.1 Å². The van der Waals surface area contributed by atoms with Crippen molar-refractivity contribution in [3.05, 3.63) is 97.3 Å². The van der Waals surface area contributed by atoms with E-state index in [1.54, 1.807) is 30.3 Å². The Morgan fingerprint density at radius 3 is 2.44 bits per heavy atom. The lowest BCUT2D eigenvalue weighted by atomic mass is 10.2. The van der Waals surface area contributed by atoms with E-state index in [4.69, 9.17) is 32.7 Å². The fourth-order valence-electron chi connectivity index (χ4n) is 3.12. The zero-order valence-corrected chi connectivity index (χ0v) is 21.6. The van der Waals surface area contributed by atoms with E-state index in [1.807, 2.05) is 42.5 Å². The summed E-state index contributed by atoms with van der Waals surface area (Å²) < 4.78 is 12.2. The van der Waals surface area contributed by atoms with Crippen LogP contribution in [0.3, 0.4) is 0 Å². The van der Waals surface area contributed by atoms with E-state index in [1.165, 1.54) is 4.90 Å². The van der Waals surface area contributed by atoms with E-state index in [2.05, 4.69) is 15.9 Å². The van der Waals surface area contributed by atoms with Crippen LogP contribution in [0, 0.1) is 0 Å². The maximum atomic E-state index is 12.8. The SMILES string of the molecule is O=C1S/C(=C\c2ccc(OCc3ccc(Cl)cc3)c(Br)c2)C(=O)N1CCOc1ccccc1Cl. The van der Waals surface area contributed by atoms with Crippen molar-refractivity contribution in [3.63, 3.8) is 0 Å². The number of benzene rings is 3. The molecule has 0 aromatic heterocycles. The van der Waals surface area contributed by atoms with Gasteiger partial charge in [-0.2, -0.15) is 0 Å². The van der Waals surface area contributed by atoms with Gasteiger partial charge >= 0.3 is 0 Å². The molecule has 0 unspecified atom stereocenters. The average Bonchev–Trinajstić information content (AvgIpc) is 3.08. The number of ether oxygens (including phenoxy) is 2.